The Morgan fingerprint density at radius 2 is 2.21 bits per heavy atom. The SMILES string of the molecule is CCC1CCCC(C(=O)CCc2cccc(N)c2)C1. The molecule has 0 saturated heterocycles. The van der Waals surface area contributed by atoms with Crippen molar-refractivity contribution in [2.45, 2.75) is 51.9 Å². The van der Waals surface area contributed by atoms with E-state index in [1.54, 1.807) is 0 Å². The van der Waals surface area contributed by atoms with Crippen LogP contribution in [-0.4, -0.2) is 5.78 Å². The van der Waals surface area contributed by atoms with Crippen molar-refractivity contribution in [1.82, 2.24) is 0 Å². The third kappa shape index (κ3) is 4.09. The summed E-state index contributed by atoms with van der Waals surface area (Å²) in [6.07, 6.45) is 7.49. The summed E-state index contributed by atoms with van der Waals surface area (Å²) in [4.78, 5) is 12.3. The van der Waals surface area contributed by atoms with E-state index in [1.165, 1.54) is 24.8 Å². The fourth-order valence-electron chi connectivity index (χ4n) is 3.17. The number of carbonyl (C=O) groups is 1. The summed E-state index contributed by atoms with van der Waals surface area (Å²) in [5, 5.41) is 0. The maximum atomic E-state index is 12.3. The first kappa shape index (κ1) is 14.1. The van der Waals surface area contributed by atoms with E-state index in [1.807, 2.05) is 18.2 Å². The van der Waals surface area contributed by atoms with E-state index in [-0.39, 0.29) is 0 Å². The van der Waals surface area contributed by atoms with Crippen LogP contribution >= 0.6 is 0 Å². The van der Waals surface area contributed by atoms with Crippen molar-refractivity contribution in [2.75, 3.05) is 5.73 Å². The van der Waals surface area contributed by atoms with Gasteiger partial charge in [-0.05, 0) is 42.9 Å². The van der Waals surface area contributed by atoms with Gasteiger partial charge >= 0.3 is 0 Å². The highest BCUT2D eigenvalue weighted by Gasteiger charge is 2.25. The van der Waals surface area contributed by atoms with Gasteiger partial charge in [0.25, 0.3) is 0 Å². The standard InChI is InChI=1S/C17H25NO/c1-2-13-5-3-7-15(11-13)17(19)10-9-14-6-4-8-16(18)12-14/h4,6,8,12-13,15H,2-3,5,7,9-11,18H2,1H3. The van der Waals surface area contributed by atoms with Crippen molar-refractivity contribution in [3.63, 3.8) is 0 Å². The van der Waals surface area contributed by atoms with Crippen LogP contribution in [0.4, 0.5) is 5.69 Å². The van der Waals surface area contributed by atoms with Crippen LogP contribution in [0, 0.1) is 11.8 Å². The van der Waals surface area contributed by atoms with Crippen LogP contribution in [0.2, 0.25) is 0 Å². The van der Waals surface area contributed by atoms with Gasteiger partial charge in [0.1, 0.15) is 5.78 Å². The molecule has 0 radical (unpaired) electrons. The summed E-state index contributed by atoms with van der Waals surface area (Å²) >= 11 is 0. The summed E-state index contributed by atoms with van der Waals surface area (Å²) in [5.41, 5.74) is 7.72. The molecular formula is C17H25NO. The summed E-state index contributed by atoms with van der Waals surface area (Å²) in [7, 11) is 0. The normalized spacial score (nSPS) is 23.2. The molecule has 0 aliphatic heterocycles. The topological polar surface area (TPSA) is 43.1 Å². The molecule has 0 spiro atoms. The zero-order valence-corrected chi connectivity index (χ0v) is 11.9. The van der Waals surface area contributed by atoms with Gasteiger partial charge < -0.3 is 5.73 Å². The Hall–Kier alpha value is -1.31. The van der Waals surface area contributed by atoms with E-state index in [0.29, 0.717) is 18.1 Å². The van der Waals surface area contributed by atoms with Crippen molar-refractivity contribution in [2.24, 2.45) is 11.8 Å². The van der Waals surface area contributed by atoms with Crippen molar-refractivity contribution in [3.8, 4) is 0 Å². The number of aryl methyl sites for hydroxylation is 1. The number of nitrogen functional groups attached to an aromatic ring is 1. The van der Waals surface area contributed by atoms with Crippen molar-refractivity contribution < 1.29 is 4.79 Å². The molecule has 1 aromatic carbocycles. The first-order valence-electron chi connectivity index (χ1n) is 7.56. The minimum absolute atomic E-state index is 0.319. The number of hydrogen-bond acceptors (Lipinski definition) is 2. The molecular weight excluding hydrogens is 234 g/mol. The van der Waals surface area contributed by atoms with E-state index in [9.17, 15) is 4.79 Å². The van der Waals surface area contributed by atoms with Crippen molar-refractivity contribution >= 4 is 11.5 Å². The number of ketones is 1. The van der Waals surface area contributed by atoms with Gasteiger partial charge in [0.15, 0.2) is 0 Å². The minimum atomic E-state index is 0.319. The van der Waals surface area contributed by atoms with Gasteiger partial charge in [-0.2, -0.15) is 0 Å². The van der Waals surface area contributed by atoms with E-state index in [2.05, 4.69) is 13.0 Å². The van der Waals surface area contributed by atoms with Crippen molar-refractivity contribution in [1.29, 1.82) is 0 Å². The Bertz CT molecular complexity index is 427. The Morgan fingerprint density at radius 1 is 1.37 bits per heavy atom. The molecule has 0 aromatic heterocycles. The Kier molecular flexibility index (Phi) is 5.00. The molecule has 1 aromatic rings. The lowest BCUT2D eigenvalue weighted by Gasteiger charge is -2.27. The highest BCUT2D eigenvalue weighted by molar-refractivity contribution is 5.81. The van der Waals surface area contributed by atoms with Crippen LogP contribution in [0.25, 0.3) is 0 Å². The lowest BCUT2D eigenvalue weighted by molar-refractivity contribution is -0.124. The third-order valence-electron chi connectivity index (χ3n) is 4.43. The van der Waals surface area contributed by atoms with E-state index >= 15 is 0 Å². The average Bonchev–Trinajstić information content (AvgIpc) is 2.45. The number of nitrogens with two attached hydrogens (primary N) is 1. The predicted octanol–water partition coefficient (Wildman–Crippen LogP) is 3.99. The molecule has 1 aliphatic rings. The Labute approximate surface area is 116 Å². The minimum Gasteiger partial charge on any atom is -0.399 e. The van der Waals surface area contributed by atoms with Crippen LogP contribution in [0.15, 0.2) is 24.3 Å². The molecule has 2 heteroatoms. The smallest absolute Gasteiger partial charge is 0.136 e. The lowest BCUT2D eigenvalue weighted by atomic mass is 9.77. The van der Waals surface area contributed by atoms with Gasteiger partial charge in [0.05, 0.1) is 0 Å². The summed E-state index contributed by atoms with van der Waals surface area (Å²) in [6.45, 7) is 2.24. The highest BCUT2D eigenvalue weighted by Crippen LogP contribution is 2.32. The summed E-state index contributed by atoms with van der Waals surface area (Å²) < 4.78 is 0. The van der Waals surface area contributed by atoms with Gasteiger partial charge in [-0.3, -0.25) is 4.79 Å². The van der Waals surface area contributed by atoms with Crippen LogP contribution in [-0.2, 0) is 11.2 Å². The lowest BCUT2D eigenvalue weighted by Crippen LogP contribution is -2.23. The second-order valence-electron chi connectivity index (χ2n) is 5.85. The van der Waals surface area contributed by atoms with E-state index in [4.69, 9.17) is 5.73 Å². The fourth-order valence-corrected chi connectivity index (χ4v) is 3.17. The quantitative estimate of drug-likeness (QED) is 0.813. The molecule has 0 bridgehead atoms. The average molecular weight is 259 g/mol. The Morgan fingerprint density at radius 3 is 2.95 bits per heavy atom. The second kappa shape index (κ2) is 6.74. The summed E-state index contributed by atoms with van der Waals surface area (Å²) in [5.74, 6) is 1.55. The van der Waals surface area contributed by atoms with Crippen LogP contribution in [0.5, 0.6) is 0 Å². The number of rotatable bonds is 5. The summed E-state index contributed by atoms with van der Waals surface area (Å²) in [6, 6.07) is 7.88. The number of hydrogen-bond donors (Lipinski definition) is 1. The number of benzene rings is 1. The second-order valence-corrected chi connectivity index (χ2v) is 5.85. The van der Waals surface area contributed by atoms with E-state index < -0.39 is 0 Å². The van der Waals surface area contributed by atoms with Gasteiger partial charge in [-0.15, -0.1) is 0 Å². The van der Waals surface area contributed by atoms with Crippen LogP contribution in [0.1, 0.15) is 51.0 Å². The number of anilines is 1. The first-order chi connectivity index (χ1) is 9.19. The third-order valence-corrected chi connectivity index (χ3v) is 4.43. The first-order valence-corrected chi connectivity index (χ1v) is 7.56. The molecule has 2 rings (SSSR count). The fraction of sp³-hybridized carbons (Fsp3) is 0.588. The molecule has 104 valence electrons. The molecule has 2 nitrogen and oxygen atoms in total. The van der Waals surface area contributed by atoms with Gasteiger partial charge in [0.2, 0.25) is 0 Å². The zero-order chi connectivity index (χ0) is 13.7. The molecule has 1 fully saturated rings. The molecule has 2 N–H and O–H groups in total. The van der Waals surface area contributed by atoms with Crippen molar-refractivity contribution in [3.05, 3.63) is 29.8 Å². The highest BCUT2D eigenvalue weighted by atomic mass is 16.1. The van der Waals surface area contributed by atoms with Crippen LogP contribution in [0.3, 0.4) is 0 Å². The monoisotopic (exact) mass is 259 g/mol. The van der Waals surface area contributed by atoms with Gasteiger partial charge in [-0.1, -0.05) is 38.3 Å². The van der Waals surface area contributed by atoms with Crippen LogP contribution < -0.4 is 5.73 Å². The van der Waals surface area contributed by atoms with Gasteiger partial charge in [0, 0.05) is 18.0 Å². The molecule has 1 saturated carbocycles. The molecule has 19 heavy (non-hydrogen) atoms. The number of carbonyl (C=O) groups excluding carboxylic acids is 1. The molecule has 0 heterocycles. The van der Waals surface area contributed by atoms with Gasteiger partial charge in [-0.25, -0.2) is 0 Å². The Balaban J connectivity index is 1.84. The maximum absolute atomic E-state index is 12.3. The maximum Gasteiger partial charge on any atom is 0.136 e. The molecule has 1 aliphatic carbocycles. The zero-order valence-electron chi connectivity index (χ0n) is 11.9. The molecule has 2 atom stereocenters. The molecule has 2 unspecified atom stereocenters. The predicted molar refractivity (Wildman–Crippen MR) is 79.9 cm³/mol. The largest absolute Gasteiger partial charge is 0.399 e. The van der Waals surface area contributed by atoms with E-state index in [0.717, 1.165) is 30.9 Å². The molecule has 0 amide bonds. The number of Topliss-reactive ketones (excluding diaryl/α,β-unsaturated/α-hetero) is 1.